The minimum Gasteiger partial charge on any atom is -0.436 e. The van der Waals surface area contributed by atoms with Crippen molar-refractivity contribution in [1.29, 1.82) is 0 Å². The zero-order chi connectivity index (χ0) is 34.1. The van der Waals surface area contributed by atoms with Crippen LogP contribution in [0.15, 0.2) is 107 Å². The second-order valence-corrected chi connectivity index (χ2v) is 12.7. The smallest absolute Gasteiger partial charge is 0.231 e. The number of hydrogen-bond acceptors (Lipinski definition) is 7. The molecule has 7 nitrogen and oxygen atoms in total. The van der Waals surface area contributed by atoms with Gasteiger partial charge in [0.25, 0.3) is 0 Å². The molecule has 1 amide bonds. The first-order valence-electron chi connectivity index (χ1n) is 15.4. The van der Waals surface area contributed by atoms with Gasteiger partial charge in [0, 0.05) is 29.1 Å². The highest BCUT2D eigenvalue weighted by Gasteiger charge is 2.23. The topological polar surface area (TPSA) is 104 Å². The zero-order valence-electron chi connectivity index (χ0n) is 28.2. The molecule has 1 unspecified atom stereocenters. The van der Waals surface area contributed by atoms with Gasteiger partial charge < -0.3 is 19.6 Å². The quantitative estimate of drug-likeness (QED) is 0.0699. The predicted molar refractivity (Wildman–Crippen MR) is 194 cm³/mol. The minimum absolute atomic E-state index is 0.107. The number of hydrogen-bond donors (Lipinski definition) is 3. The molecule has 0 radical (unpaired) electrons. The van der Waals surface area contributed by atoms with E-state index in [2.05, 4.69) is 62.0 Å². The van der Waals surface area contributed by atoms with Crippen molar-refractivity contribution >= 4 is 40.9 Å². The van der Waals surface area contributed by atoms with E-state index in [4.69, 9.17) is 8.97 Å². The van der Waals surface area contributed by atoms with E-state index in [0.29, 0.717) is 40.6 Å². The predicted octanol–water partition coefficient (Wildman–Crippen LogP) is 8.69. The summed E-state index contributed by atoms with van der Waals surface area (Å²) in [6.45, 7) is 17.4. The standard InChI is InChI=1S/C35H40N2O3.C3H9NOS/c1-8-28(20-14-24(3)35(5,6)7)30(22-26-16-18-27(23-38)19-17-26)33(39)36-25(4)15-21-29(9-2)34-37-31-12-10-11-13-32(31)40-34;1-4-2-3-6-5/h8-21,23-24,30H,2,22H2,1,3-7H3,(H,36,39);4-5H,2-3H2,1H3/b20-14-,25-15+,28-8+,29-21+;/t24-,30?;/m0./s1. The van der Waals surface area contributed by atoms with Crippen LogP contribution >= 0.6 is 12.0 Å². The van der Waals surface area contributed by atoms with Crippen LogP contribution in [0.25, 0.3) is 16.7 Å². The third-order valence-corrected chi connectivity index (χ3v) is 7.98. The van der Waals surface area contributed by atoms with Crippen LogP contribution in [0.3, 0.4) is 0 Å². The van der Waals surface area contributed by atoms with Gasteiger partial charge in [0.15, 0.2) is 5.58 Å². The number of allylic oxidation sites excluding steroid dienone is 8. The van der Waals surface area contributed by atoms with Crippen LogP contribution in [-0.4, -0.2) is 41.1 Å². The summed E-state index contributed by atoms with van der Waals surface area (Å²) in [6.07, 6.45) is 12.9. The Labute approximate surface area is 278 Å². The van der Waals surface area contributed by atoms with E-state index in [9.17, 15) is 9.59 Å². The number of para-hydroxylation sites is 2. The van der Waals surface area contributed by atoms with Gasteiger partial charge in [0.1, 0.15) is 11.8 Å². The lowest BCUT2D eigenvalue weighted by atomic mass is 9.81. The fourth-order valence-electron chi connectivity index (χ4n) is 4.20. The number of oxazole rings is 1. The van der Waals surface area contributed by atoms with E-state index in [-0.39, 0.29) is 11.3 Å². The molecule has 0 bridgehead atoms. The van der Waals surface area contributed by atoms with Crippen molar-refractivity contribution < 1.29 is 18.6 Å². The number of amides is 1. The van der Waals surface area contributed by atoms with E-state index in [1.807, 2.05) is 75.5 Å². The molecular formula is C38H49N3O4S. The molecule has 2 atom stereocenters. The lowest BCUT2D eigenvalue weighted by Gasteiger charge is -2.25. The molecule has 8 heteroatoms. The summed E-state index contributed by atoms with van der Waals surface area (Å²) < 4.78 is 13.9. The van der Waals surface area contributed by atoms with Gasteiger partial charge in [0.05, 0.1) is 5.92 Å². The van der Waals surface area contributed by atoms with E-state index < -0.39 is 5.92 Å². The Kier molecular flexibility index (Phi) is 16.2. The Balaban J connectivity index is 0.00000112. The van der Waals surface area contributed by atoms with Gasteiger partial charge in [-0.25, -0.2) is 4.98 Å². The van der Waals surface area contributed by atoms with Crippen molar-refractivity contribution in [3.8, 4) is 0 Å². The highest BCUT2D eigenvalue weighted by Crippen LogP contribution is 2.28. The van der Waals surface area contributed by atoms with Crippen LogP contribution in [0.5, 0.6) is 0 Å². The van der Waals surface area contributed by atoms with Crippen molar-refractivity contribution in [2.45, 2.75) is 48.0 Å². The number of carbonyl (C=O) groups excluding carboxylic acids is 2. The van der Waals surface area contributed by atoms with Gasteiger partial charge in [-0.05, 0) is 86.1 Å². The van der Waals surface area contributed by atoms with Gasteiger partial charge in [-0.3, -0.25) is 9.59 Å². The van der Waals surface area contributed by atoms with Crippen molar-refractivity contribution in [2.24, 2.45) is 17.3 Å². The van der Waals surface area contributed by atoms with Crippen LogP contribution in [0, 0.1) is 17.3 Å². The molecule has 246 valence electrons. The maximum absolute atomic E-state index is 13.7. The normalized spacial score (nSPS) is 14.0. The van der Waals surface area contributed by atoms with E-state index in [0.717, 1.165) is 47.3 Å². The van der Waals surface area contributed by atoms with Crippen molar-refractivity contribution in [3.63, 3.8) is 0 Å². The number of fused-ring (bicyclic) bond motifs is 1. The molecule has 3 rings (SSSR count). The summed E-state index contributed by atoms with van der Waals surface area (Å²) in [5.74, 6) is 1.05. The molecule has 3 aromatic rings. The summed E-state index contributed by atoms with van der Waals surface area (Å²) >= 11 is 0.864. The number of benzene rings is 2. The van der Waals surface area contributed by atoms with Crippen LogP contribution in [0.2, 0.25) is 0 Å². The molecule has 0 aliphatic rings. The number of aromatic nitrogens is 1. The second-order valence-electron chi connectivity index (χ2n) is 12.0. The monoisotopic (exact) mass is 643 g/mol. The van der Waals surface area contributed by atoms with Crippen LogP contribution < -0.4 is 10.6 Å². The number of nitrogens with zero attached hydrogens (tertiary/aromatic N) is 1. The lowest BCUT2D eigenvalue weighted by Crippen LogP contribution is -2.31. The van der Waals surface area contributed by atoms with Gasteiger partial charge in [-0.2, -0.15) is 0 Å². The molecule has 0 spiro atoms. The molecule has 3 N–H and O–H groups in total. The SMILES string of the molecule is C=C/C(=C\C=C(/C)NC(=O)C(Cc1ccc(C=O)cc1)C(/C=C\[C@H](C)C(C)(C)C)=C/C)c1nc2ccccc2o1.CNCCSO. The summed E-state index contributed by atoms with van der Waals surface area (Å²) in [5, 5.41) is 5.96. The van der Waals surface area contributed by atoms with E-state index >= 15 is 0 Å². The molecule has 2 aromatic carbocycles. The number of carbonyl (C=O) groups is 2. The molecule has 1 aromatic heterocycles. The maximum atomic E-state index is 13.7. The van der Waals surface area contributed by atoms with Gasteiger partial charge in [-0.1, -0.05) is 95.0 Å². The number of nitrogens with one attached hydrogen (secondary N) is 2. The Morgan fingerprint density at radius 1 is 1.13 bits per heavy atom. The Hall–Kier alpha value is -3.98. The molecule has 0 saturated heterocycles. The first-order chi connectivity index (χ1) is 22.0. The number of rotatable bonds is 14. The average Bonchev–Trinajstić information content (AvgIpc) is 3.47. The van der Waals surface area contributed by atoms with E-state index in [1.54, 1.807) is 18.2 Å². The minimum atomic E-state index is -0.418. The molecule has 0 aliphatic carbocycles. The number of aldehydes is 1. The molecular weight excluding hydrogens is 595 g/mol. The summed E-state index contributed by atoms with van der Waals surface area (Å²) in [7, 11) is 1.86. The van der Waals surface area contributed by atoms with Crippen LogP contribution in [0.1, 0.15) is 63.4 Å². The molecule has 0 saturated carbocycles. The Bertz CT molecular complexity index is 1500. The van der Waals surface area contributed by atoms with Crippen molar-refractivity contribution in [1.82, 2.24) is 15.6 Å². The fourth-order valence-corrected chi connectivity index (χ4v) is 4.49. The first-order valence-corrected chi connectivity index (χ1v) is 16.4. The van der Waals surface area contributed by atoms with Gasteiger partial charge >= 0.3 is 0 Å². The lowest BCUT2D eigenvalue weighted by molar-refractivity contribution is -0.123. The third-order valence-electron chi connectivity index (χ3n) is 7.59. The third kappa shape index (κ3) is 12.4. The fraction of sp³-hybridized carbons (Fsp3) is 0.342. The molecule has 46 heavy (non-hydrogen) atoms. The molecule has 0 aliphatic heterocycles. The van der Waals surface area contributed by atoms with Crippen LogP contribution in [-0.2, 0) is 11.2 Å². The molecule has 1 heterocycles. The van der Waals surface area contributed by atoms with Crippen molar-refractivity contribution in [2.75, 3.05) is 19.3 Å². The van der Waals surface area contributed by atoms with Gasteiger partial charge in [0.2, 0.25) is 11.8 Å². The van der Waals surface area contributed by atoms with Gasteiger partial charge in [-0.15, -0.1) is 0 Å². The second kappa shape index (κ2) is 19.5. The zero-order valence-corrected chi connectivity index (χ0v) is 29.0. The maximum Gasteiger partial charge on any atom is 0.231 e. The highest BCUT2D eigenvalue weighted by molar-refractivity contribution is 7.93. The highest BCUT2D eigenvalue weighted by atomic mass is 32.2. The summed E-state index contributed by atoms with van der Waals surface area (Å²) in [6, 6.07) is 15.0. The summed E-state index contributed by atoms with van der Waals surface area (Å²) in [4.78, 5) is 29.3. The molecule has 0 fully saturated rings. The van der Waals surface area contributed by atoms with E-state index in [1.165, 1.54) is 0 Å². The van der Waals surface area contributed by atoms with Crippen molar-refractivity contribution in [3.05, 3.63) is 120 Å². The Morgan fingerprint density at radius 3 is 2.37 bits per heavy atom. The van der Waals surface area contributed by atoms with Crippen LogP contribution in [0.4, 0.5) is 0 Å². The average molecular weight is 644 g/mol. The largest absolute Gasteiger partial charge is 0.436 e. The summed E-state index contributed by atoms with van der Waals surface area (Å²) in [5.41, 5.74) is 5.52. The Morgan fingerprint density at radius 2 is 1.83 bits per heavy atom. The first kappa shape index (κ1) is 38.2.